The topological polar surface area (TPSA) is 64.6 Å². The van der Waals surface area contributed by atoms with Crippen molar-refractivity contribution in [2.24, 2.45) is 23.7 Å². The number of methoxy groups -OCH3 is 2. The highest BCUT2D eigenvalue weighted by atomic mass is 16.5. The number of hydrogen-bond acceptors (Lipinski definition) is 4. The first-order valence-corrected chi connectivity index (χ1v) is 9.68. The summed E-state index contributed by atoms with van der Waals surface area (Å²) in [6, 6.07) is 15.8. The van der Waals surface area contributed by atoms with Gasteiger partial charge in [0.25, 0.3) is 0 Å². The molecular formula is C24H21NO4. The summed E-state index contributed by atoms with van der Waals surface area (Å²) in [6.45, 7) is 0. The van der Waals surface area contributed by atoms with Gasteiger partial charge in [0.2, 0.25) is 11.8 Å². The molecule has 146 valence electrons. The molecule has 1 N–H and O–H groups in total. The maximum atomic E-state index is 12.4. The van der Waals surface area contributed by atoms with Crippen molar-refractivity contribution in [1.29, 1.82) is 0 Å². The molecule has 2 aromatic carbocycles. The molecule has 2 aromatic rings. The largest absolute Gasteiger partial charge is 0.497 e. The van der Waals surface area contributed by atoms with Crippen LogP contribution in [0.4, 0.5) is 0 Å². The molecule has 1 aliphatic heterocycles. The first-order chi connectivity index (χ1) is 14.1. The van der Waals surface area contributed by atoms with Crippen LogP contribution in [0.5, 0.6) is 11.5 Å². The normalized spacial score (nSPS) is 26.5. The molecule has 0 radical (unpaired) electrons. The number of imide groups is 1. The van der Waals surface area contributed by atoms with Gasteiger partial charge in [0, 0.05) is 11.8 Å². The van der Waals surface area contributed by atoms with E-state index >= 15 is 0 Å². The minimum absolute atomic E-state index is 0.0596. The van der Waals surface area contributed by atoms with E-state index in [9.17, 15) is 9.59 Å². The Hall–Kier alpha value is -3.34. The van der Waals surface area contributed by atoms with Crippen molar-refractivity contribution < 1.29 is 19.1 Å². The van der Waals surface area contributed by atoms with Gasteiger partial charge in [0.15, 0.2) is 0 Å². The molecule has 5 nitrogen and oxygen atoms in total. The van der Waals surface area contributed by atoms with Gasteiger partial charge in [-0.3, -0.25) is 14.9 Å². The van der Waals surface area contributed by atoms with E-state index in [1.54, 1.807) is 14.2 Å². The van der Waals surface area contributed by atoms with E-state index in [-0.39, 0.29) is 35.5 Å². The second-order valence-electron chi connectivity index (χ2n) is 7.63. The first kappa shape index (κ1) is 17.7. The molecule has 2 amide bonds. The lowest BCUT2D eigenvalue weighted by Crippen LogP contribution is -2.26. The Kier molecular flexibility index (Phi) is 4.05. The Balaban J connectivity index is 1.70. The summed E-state index contributed by atoms with van der Waals surface area (Å²) in [7, 11) is 3.29. The van der Waals surface area contributed by atoms with Gasteiger partial charge in [0.1, 0.15) is 11.5 Å². The number of ether oxygens (including phenoxy) is 2. The molecule has 3 aliphatic rings. The lowest BCUT2D eigenvalue weighted by atomic mass is 9.85. The van der Waals surface area contributed by atoms with Crippen LogP contribution in [0.1, 0.15) is 11.1 Å². The van der Waals surface area contributed by atoms with E-state index in [1.807, 2.05) is 48.5 Å². The average Bonchev–Trinajstić information content (AvgIpc) is 3.40. The Labute approximate surface area is 169 Å². The van der Waals surface area contributed by atoms with Crippen LogP contribution in [0.3, 0.4) is 0 Å². The van der Waals surface area contributed by atoms with Crippen molar-refractivity contribution in [3.05, 3.63) is 77.4 Å². The van der Waals surface area contributed by atoms with Gasteiger partial charge in [-0.2, -0.15) is 0 Å². The molecule has 5 heteroatoms. The maximum absolute atomic E-state index is 12.4. The van der Waals surface area contributed by atoms with E-state index in [1.165, 1.54) is 0 Å². The van der Waals surface area contributed by atoms with Crippen molar-refractivity contribution in [3.8, 4) is 11.5 Å². The molecule has 1 saturated carbocycles. The molecule has 2 fully saturated rings. The molecule has 29 heavy (non-hydrogen) atoms. The summed E-state index contributed by atoms with van der Waals surface area (Å²) < 4.78 is 10.6. The van der Waals surface area contributed by atoms with Gasteiger partial charge in [-0.1, -0.05) is 36.4 Å². The quantitative estimate of drug-likeness (QED) is 0.646. The van der Waals surface area contributed by atoms with Crippen LogP contribution in [0.2, 0.25) is 0 Å². The fraction of sp³-hybridized carbons (Fsp3) is 0.250. The van der Waals surface area contributed by atoms with Gasteiger partial charge in [0.05, 0.1) is 26.1 Å². The molecule has 1 heterocycles. The van der Waals surface area contributed by atoms with Crippen LogP contribution in [0.15, 0.2) is 66.3 Å². The highest BCUT2D eigenvalue weighted by molar-refractivity contribution is 6.08. The predicted octanol–water partition coefficient (Wildman–Crippen LogP) is 3.21. The zero-order chi connectivity index (χ0) is 20.1. The van der Waals surface area contributed by atoms with Crippen LogP contribution in [-0.2, 0) is 9.59 Å². The summed E-state index contributed by atoms with van der Waals surface area (Å²) in [5.41, 5.74) is 4.30. The van der Waals surface area contributed by atoms with E-state index in [2.05, 4.69) is 17.5 Å². The number of allylic oxidation sites excluding steroid dienone is 3. The molecule has 5 rings (SSSR count). The second kappa shape index (κ2) is 6.62. The summed E-state index contributed by atoms with van der Waals surface area (Å²) in [4.78, 5) is 24.9. The number of amides is 2. The van der Waals surface area contributed by atoms with E-state index in [0.717, 1.165) is 33.8 Å². The number of fused-ring (bicyclic) bond motifs is 5. The molecule has 2 bridgehead atoms. The van der Waals surface area contributed by atoms with E-state index in [0.29, 0.717) is 0 Å². The molecule has 4 atom stereocenters. The first-order valence-electron chi connectivity index (χ1n) is 9.68. The highest BCUT2D eigenvalue weighted by Gasteiger charge is 2.59. The summed E-state index contributed by atoms with van der Waals surface area (Å²) in [6.07, 6.45) is 4.18. The number of carbonyl (C=O) groups excluding carboxylic acids is 2. The number of nitrogens with one attached hydrogen (secondary N) is 1. The molecular weight excluding hydrogens is 366 g/mol. The number of carbonyl (C=O) groups is 2. The molecule has 2 aliphatic carbocycles. The lowest BCUT2D eigenvalue weighted by Gasteiger charge is -2.19. The summed E-state index contributed by atoms with van der Waals surface area (Å²) >= 11 is 0. The van der Waals surface area contributed by atoms with Crippen LogP contribution < -0.4 is 14.8 Å². The smallest absolute Gasteiger partial charge is 0.231 e. The third-order valence-electron chi connectivity index (χ3n) is 6.30. The Morgan fingerprint density at radius 2 is 1.14 bits per heavy atom. The maximum Gasteiger partial charge on any atom is 0.231 e. The number of rotatable bonds is 4. The standard InChI is InChI=1S/C24H21NO4/c1-28-15-7-3-13(4-8-15)19(14-5-9-16(29-2)10-6-14)20-17-11-12-18(20)22-21(17)23(26)25-24(22)27/h3-12,17-18,21-22H,1-2H3,(H,25,26,27)/t17-,18-,21+,22+/m1/s1. The molecule has 0 aromatic heterocycles. The third kappa shape index (κ3) is 2.61. The molecule has 1 saturated heterocycles. The third-order valence-corrected chi connectivity index (χ3v) is 6.30. The zero-order valence-electron chi connectivity index (χ0n) is 16.2. The van der Waals surface area contributed by atoms with Gasteiger partial charge >= 0.3 is 0 Å². The Morgan fingerprint density at radius 1 is 0.724 bits per heavy atom. The van der Waals surface area contributed by atoms with E-state index < -0.39 is 0 Å². The fourth-order valence-corrected chi connectivity index (χ4v) is 5.03. The lowest BCUT2D eigenvalue weighted by molar-refractivity contribution is -0.126. The van der Waals surface area contributed by atoms with Crippen LogP contribution in [0, 0.1) is 23.7 Å². The minimum Gasteiger partial charge on any atom is -0.497 e. The number of hydrogen-bond donors (Lipinski definition) is 1. The fourth-order valence-electron chi connectivity index (χ4n) is 5.03. The van der Waals surface area contributed by atoms with Gasteiger partial charge < -0.3 is 9.47 Å². The zero-order valence-corrected chi connectivity index (χ0v) is 16.2. The van der Waals surface area contributed by atoms with Gasteiger partial charge in [-0.05, 0) is 46.5 Å². The number of benzene rings is 2. The van der Waals surface area contributed by atoms with Crippen molar-refractivity contribution >= 4 is 17.4 Å². The summed E-state index contributed by atoms with van der Waals surface area (Å²) in [5, 5.41) is 2.52. The van der Waals surface area contributed by atoms with Crippen molar-refractivity contribution in [2.45, 2.75) is 0 Å². The van der Waals surface area contributed by atoms with Crippen molar-refractivity contribution in [1.82, 2.24) is 5.32 Å². The summed E-state index contributed by atoms with van der Waals surface area (Å²) in [5.74, 6) is 0.527. The predicted molar refractivity (Wildman–Crippen MR) is 108 cm³/mol. The van der Waals surface area contributed by atoms with Crippen molar-refractivity contribution in [3.63, 3.8) is 0 Å². The highest BCUT2D eigenvalue weighted by Crippen LogP contribution is 2.56. The van der Waals surface area contributed by atoms with Gasteiger partial charge in [-0.25, -0.2) is 0 Å². The van der Waals surface area contributed by atoms with Crippen LogP contribution in [0.25, 0.3) is 5.57 Å². The Morgan fingerprint density at radius 3 is 1.52 bits per heavy atom. The van der Waals surface area contributed by atoms with Crippen LogP contribution in [-0.4, -0.2) is 26.0 Å². The monoisotopic (exact) mass is 387 g/mol. The SMILES string of the molecule is COc1ccc(C(=C2[C@H]3C=C[C@H]2[C@@H]2C(=O)NC(=O)[C@H]23)c2ccc(OC)cc2)cc1. The molecule has 0 unspecified atom stereocenters. The molecule has 0 spiro atoms. The van der Waals surface area contributed by atoms with Crippen molar-refractivity contribution in [2.75, 3.05) is 14.2 Å². The van der Waals surface area contributed by atoms with Crippen LogP contribution >= 0.6 is 0 Å². The minimum atomic E-state index is -0.306. The Bertz CT molecular complexity index is 968. The van der Waals surface area contributed by atoms with E-state index in [4.69, 9.17) is 9.47 Å². The van der Waals surface area contributed by atoms with Gasteiger partial charge in [-0.15, -0.1) is 0 Å². The average molecular weight is 387 g/mol. The second-order valence-corrected chi connectivity index (χ2v) is 7.63.